The van der Waals surface area contributed by atoms with Gasteiger partial charge in [-0.25, -0.2) is 4.79 Å². The quantitative estimate of drug-likeness (QED) is 0.0768. The lowest BCUT2D eigenvalue weighted by molar-refractivity contribution is -0.145. The molecule has 0 amide bonds. The first-order chi connectivity index (χ1) is 17.9. The van der Waals surface area contributed by atoms with Crippen LogP contribution in [0.1, 0.15) is 41.8 Å². The molecular formula is C29H28N2O6. The Labute approximate surface area is 214 Å². The summed E-state index contributed by atoms with van der Waals surface area (Å²) in [4.78, 5) is 41.4. The van der Waals surface area contributed by atoms with Gasteiger partial charge >= 0.3 is 11.9 Å². The van der Waals surface area contributed by atoms with Gasteiger partial charge in [-0.2, -0.15) is 0 Å². The number of esters is 1. The van der Waals surface area contributed by atoms with Gasteiger partial charge in [-0.1, -0.05) is 41.6 Å². The molecule has 0 saturated carbocycles. The number of aromatic nitrogens is 1. The van der Waals surface area contributed by atoms with Crippen molar-refractivity contribution in [1.82, 2.24) is 4.57 Å². The van der Waals surface area contributed by atoms with Gasteiger partial charge in [0.25, 0.3) is 0 Å². The molecule has 4 aromatic rings. The highest BCUT2D eigenvalue weighted by Crippen LogP contribution is 2.32. The number of ketones is 1. The van der Waals surface area contributed by atoms with Crippen LogP contribution in [-0.4, -0.2) is 48.3 Å². The van der Waals surface area contributed by atoms with Gasteiger partial charge in [0.15, 0.2) is 5.78 Å². The van der Waals surface area contributed by atoms with Crippen LogP contribution in [0.4, 0.5) is 0 Å². The van der Waals surface area contributed by atoms with E-state index >= 15 is 0 Å². The Morgan fingerprint density at radius 2 is 1.46 bits per heavy atom. The molecule has 0 aliphatic carbocycles. The molecule has 190 valence electrons. The molecule has 0 bridgehead atoms. The molecule has 4 rings (SSSR count). The molecule has 1 aromatic heterocycles. The zero-order valence-corrected chi connectivity index (χ0v) is 21.0. The van der Waals surface area contributed by atoms with E-state index in [2.05, 4.69) is 5.16 Å². The lowest BCUT2D eigenvalue weighted by Gasteiger charge is -2.09. The van der Waals surface area contributed by atoms with E-state index < -0.39 is 5.97 Å². The Morgan fingerprint density at radius 3 is 2.11 bits per heavy atom. The second kappa shape index (κ2) is 11.6. The molecule has 0 aliphatic rings. The average Bonchev–Trinajstić information content (AvgIpc) is 3.22. The number of nitrogens with zero attached hydrogens (tertiary/aromatic N) is 2. The van der Waals surface area contributed by atoms with Crippen molar-refractivity contribution < 1.29 is 28.7 Å². The van der Waals surface area contributed by atoms with Gasteiger partial charge in [0, 0.05) is 53.5 Å². The first-order valence-electron chi connectivity index (χ1n) is 11.9. The summed E-state index contributed by atoms with van der Waals surface area (Å²) in [6, 6.07) is 20.5. The van der Waals surface area contributed by atoms with Crippen LogP contribution in [-0.2, 0) is 30.4 Å². The summed E-state index contributed by atoms with van der Waals surface area (Å²) in [5.41, 5.74) is 4.26. The number of aryl methyl sites for hydroxylation is 1. The number of fused-ring (bicyclic) bond motifs is 3. The molecule has 0 fully saturated rings. The fourth-order valence-electron chi connectivity index (χ4n) is 4.17. The third kappa shape index (κ3) is 5.92. The first-order valence-corrected chi connectivity index (χ1v) is 11.9. The van der Waals surface area contributed by atoms with Crippen LogP contribution in [0, 0.1) is 0 Å². The Hall–Kier alpha value is -4.30. The van der Waals surface area contributed by atoms with Crippen molar-refractivity contribution in [3.63, 3.8) is 0 Å². The third-order valence-corrected chi connectivity index (χ3v) is 5.98. The number of rotatable bonds is 10. The van der Waals surface area contributed by atoms with E-state index in [-0.39, 0.29) is 24.8 Å². The van der Waals surface area contributed by atoms with Crippen molar-refractivity contribution in [3.8, 4) is 0 Å². The number of oxime groups is 1. The second-order valence-corrected chi connectivity index (χ2v) is 8.53. The molecule has 0 aliphatic heterocycles. The van der Waals surface area contributed by atoms with Gasteiger partial charge in [0.05, 0.1) is 18.7 Å². The minimum atomic E-state index is -0.501. The van der Waals surface area contributed by atoms with Crippen LogP contribution in [0.5, 0.6) is 0 Å². The minimum absolute atomic E-state index is 0.0751. The number of hydrogen-bond acceptors (Lipinski definition) is 7. The Balaban J connectivity index is 1.77. The SMILES string of the molecule is COCCOC(=O)CCn1c2ccc(C(=O)c3ccccc3)cc2c2cc(/C(C)=N\OC(C)=O)ccc21. The zero-order chi connectivity index (χ0) is 26.4. The molecule has 0 radical (unpaired) electrons. The molecule has 0 N–H and O–H groups in total. The molecule has 0 saturated heterocycles. The number of carbonyl (C=O) groups is 3. The normalized spacial score (nSPS) is 11.6. The van der Waals surface area contributed by atoms with Gasteiger partial charge in [-0.15, -0.1) is 0 Å². The fraction of sp³-hybridized carbons (Fsp3) is 0.241. The minimum Gasteiger partial charge on any atom is -0.463 e. The zero-order valence-electron chi connectivity index (χ0n) is 21.0. The molecule has 8 heteroatoms. The van der Waals surface area contributed by atoms with Crippen molar-refractivity contribution in [1.29, 1.82) is 0 Å². The molecule has 8 nitrogen and oxygen atoms in total. The van der Waals surface area contributed by atoms with E-state index in [1.807, 2.05) is 53.1 Å². The Kier molecular flexibility index (Phi) is 8.10. The maximum absolute atomic E-state index is 13.2. The predicted molar refractivity (Wildman–Crippen MR) is 141 cm³/mol. The molecule has 0 atom stereocenters. The maximum Gasteiger partial charge on any atom is 0.331 e. The van der Waals surface area contributed by atoms with Crippen molar-refractivity contribution >= 4 is 45.2 Å². The smallest absolute Gasteiger partial charge is 0.331 e. The average molecular weight is 501 g/mol. The summed E-state index contributed by atoms with van der Waals surface area (Å²) in [7, 11) is 1.55. The van der Waals surface area contributed by atoms with Gasteiger partial charge in [-0.05, 0) is 42.8 Å². The highest BCUT2D eigenvalue weighted by atomic mass is 16.7. The summed E-state index contributed by atoms with van der Waals surface area (Å²) < 4.78 is 12.2. The summed E-state index contributed by atoms with van der Waals surface area (Å²) in [6.45, 7) is 3.99. The maximum atomic E-state index is 13.2. The number of methoxy groups -OCH3 is 1. The van der Waals surface area contributed by atoms with E-state index in [1.165, 1.54) is 6.92 Å². The standard InChI is InChI=1S/C29H28N2O6/c1-19(30-37-20(2)32)22-9-11-26-24(17-22)25-18-23(29(34)21-7-5-4-6-8-21)10-12-27(25)31(26)14-13-28(33)36-16-15-35-3/h4-12,17-18H,13-16H2,1-3H3/b30-19-. The topological polar surface area (TPSA) is 96.2 Å². The van der Waals surface area contributed by atoms with Crippen LogP contribution >= 0.6 is 0 Å². The molecule has 0 spiro atoms. The molecule has 0 unspecified atom stereocenters. The van der Waals surface area contributed by atoms with E-state index in [0.717, 1.165) is 27.4 Å². The number of ether oxygens (including phenoxy) is 2. The largest absolute Gasteiger partial charge is 0.463 e. The highest BCUT2D eigenvalue weighted by molar-refractivity contribution is 6.16. The molecular weight excluding hydrogens is 472 g/mol. The lowest BCUT2D eigenvalue weighted by Crippen LogP contribution is -2.12. The van der Waals surface area contributed by atoms with E-state index in [4.69, 9.17) is 14.3 Å². The van der Waals surface area contributed by atoms with E-state index in [9.17, 15) is 14.4 Å². The molecule has 1 heterocycles. The molecule has 37 heavy (non-hydrogen) atoms. The molecule has 3 aromatic carbocycles. The van der Waals surface area contributed by atoms with Gasteiger partial charge in [-0.3, -0.25) is 9.59 Å². The second-order valence-electron chi connectivity index (χ2n) is 8.53. The number of carbonyl (C=O) groups excluding carboxylic acids is 3. The number of benzene rings is 3. The summed E-state index contributed by atoms with van der Waals surface area (Å²) in [5, 5.41) is 5.66. The first kappa shape index (κ1) is 25.8. The van der Waals surface area contributed by atoms with Crippen LogP contribution in [0.15, 0.2) is 71.9 Å². The number of hydrogen-bond donors (Lipinski definition) is 0. The predicted octanol–water partition coefficient (Wildman–Crippen LogP) is 4.89. The van der Waals surface area contributed by atoms with Crippen molar-refractivity contribution in [2.75, 3.05) is 20.3 Å². The van der Waals surface area contributed by atoms with E-state index in [0.29, 0.717) is 30.0 Å². The van der Waals surface area contributed by atoms with Crippen molar-refractivity contribution in [3.05, 3.63) is 83.4 Å². The summed E-state index contributed by atoms with van der Waals surface area (Å²) in [6.07, 6.45) is 0.183. The Bertz CT molecular complexity index is 1490. The summed E-state index contributed by atoms with van der Waals surface area (Å²) >= 11 is 0. The van der Waals surface area contributed by atoms with Crippen LogP contribution in [0.2, 0.25) is 0 Å². The van der Waals surface area contributed by atoms with Gasteiger partial charge in [0.1, 0.15) is 6.61 Å². The van der Waals surface area contributed by atoms with Crippen LogP contribution in [0.3, 0.4) is 0 Å². The van der Waals surface area contributed by atoms with Gasteiger partial charge < -0.3 is 18.9 Å². The Morgan fingerprint density at radius 1 is 0.811 bits per heavy atom. The third-order valence-electron chi connectivity index (χ3n) is 5.98. The fourth-order valence-corrected chi connectivity index (χ4v) is 4.17. The summed E-state index contributed by atoms with van der Waals surface area (Å²) in [5.74, 6) is -0.892. The van der Waals surface area contributed by atoms with Crippen molar-refractivity contribution in [2.24, 2.45) is 5.16 Å². The van der Waals surface area contributed by atoms with Crippen molar-refractivity contribution in [2.45, 2.75) is 26.8 Å². The highest BCUT2D eigenvalue weighted by Gasteiger charge is 2.17. The van der Waals surface area contributed by atoms with Gasteiger partial charge in [0.2, 0.25) is 0 Å². The van der Waals surface area contributed by atoms with Crippen LogP contribution in [0.25, 0.3) is 21.8 Å². The lowest BCUT2D eigenvalue weighted by atomic mass is 10.0. The van der Waals surface area contributed by atoms with Crippen LogP contribution < -0.4 is 0 Å². The monoisotopic (exact) mass is 500 g/mol. The van der Waals surface area contributed by atoms with E-state index in [1.54, 1.807) is 32.2 Å².